The molecule has 0 spiro atoms. The van der Waals surface area contributed by atoms with Crippen LogP contribution >= 0.6 is 24.8 Å². The number of para-hydroxylation sites is 1. The molecule has 82 valence electrons. The predicted molar refractivity (Wildman–Crippen MR) is 67.9 cm³/mol. The summed E-state index contributed by atoms with van der Waals surface area (Å²) in [4.78, 5) is 2.16. The molecule has 14 heavy (non-hydrogen) atoms. The fraction of sp³-hybridized carbons (Fsp3) is 0.400. The minimum absolute atomic E-state index is 0. The number of nitrogens with two attached hydrogens (primary N) is 1. The number of rotatable bonds is 3. The summed E-state index contributed by atoms with van der Waals surface area (Å²) in [6.45, 7) is 2.91. The van der Waals surface area contributed by atoms with E-state index in [1.54, 1.807) is 0 Å². The van der Waals surface area contributed by atoms with Crippen molar-refractivity contribution in [1.82, 2.24) is 0 Å². The zero-order valence-electron chi connectivity index (χ0n) is 8.51. The van der Waals surface area contributed by atoms with Crippen molar-refractivity contribution in [2.24, 2.45) is 5.73 Å². The number of nitrogens with zero attached hydrogens (tertiary/aromatic N) is 1. The van der Waals surface area contributed by atoms with Crippen molar-refractivity contribution in [3.63, 3.8) is 0 Å². The molecule has 0 bridgehead atoms. The van der Waals surface area contributed by atoms with Crippen molar-refractivity contribution in [3.05, 3.63) is 30.3 Å². The van der Waals surface area contributed by atoms with Crippen LogP contribution in [0.2, 0.25) is 0 Å². The maximum Gasteiger partial charge on any atom is 0.0364 e. The first-order valence-corrected chi connectivity index (χ1v) is 4.22. The van der Waals surface area contributed by atoms with E-state index < -0.39 is 0 Å². The first-order chi connectivity index (χ1) is 5.70. The molecule has 0 fully saturated rings. The third kappa shape index (κ3) is 5.32. The smallest absolute Gasteiger partial charge is 0.0364 e. The molecule has 0 radical (unpaired) electrons. The second kappa shape index (κ2) is 7.92. The first kappa shape index (κ1) is 16.0. The molecule has 1 aromatic rings. The Balaban J connectivity index is 0. The van der Waals surface area contributed by atoms with Crippen molar-refractivity contribution < 1.29 is 0 Å². The zero-order chi connectivity index (χ0) is 8.97. The van der Waals surface area contributed by atoms with Gasteiger partial charge in [0.1, 0.15) is 0 Å². The number of likely N-dealkylation sites (N-methyl/N-ethyl adjacent to an activating group) is 1. The van der Waals surface area contributed by atoms with Crippen LogP contribution in [0.3, 0.4) is 0 Å². The standard InChI is InChI=1S/C10H16N2.2ClH/c1-9(11)8-12(2)10-6-4-3-5-7-10;;/h3-7,9H,8,11H2,1-2H3;2*1H. The van der Waals surface area contributed by atoms with E-state index in [9.17, 15) is 0 Å². The van der Waals surface area contributed by atoms with Gasteiger partial charge in [-0.25, -0.2) is 0 Å². The third-order valence-electron chi connectivity index (χ3n) is 1.76. The van der Waals surface area contributed by atoms with Crippen LogP contribution in [0.25, 0.3) is 0 Å². The summed E-state index contributed by atoms with van der Waals surface area (Å²) in [5, 5.41) is 0. The largest absolute Gasteiger partial charge is 0.373 e. The van der Waals surface area contributed by atoms with Gasteiger partial charge in [-0.1, -0.05) is 18.2 Å². The van der Waals surface area contributed by atoms with Crippen molar-refractivity contribution in [1.29, 1.82) is 0 Å². The van der Waals surface area contributed by atoms with Crippen LogP contribution < -0.4 is 10.6 Å². The quantitative estimate of drug-likeness (QED) is 0.874. The molecule has 0 aliphatic rings. The Bertz CT molecular complexity index is 227. The Morgan fingerprint density at radius 1 is 1.21 bits per heavy atom. The van der Waals surface area contributed by atoms with Gasteiger partial charge in [0.2, 0.25) is 0 Å². The lowest BCUT2D eigenvalue weighted by Gasteiger charge is -2.20. The number of halogens is 2. The van der Waals surface area contributed by atoms with Gasteiger partial charge >= 0.3 is 0 Å². The van der Waals surface area contributed by atoms with E-state index in [-0.39, 0.29) is 30.9 Å². The van der Waals surface area contributed by atoms with Crippen LogP contribution in [0, 0.1) is 0 Å². The number of hydrogen-bond acceptors (Lipinski definition) is 2. The molecule has 0 heterocycles. The van der Waals surface area contributed by atoms with E-state index in [4.69, 9.17) is 5.73 Å². The molecule has 0 saturated heterocycles. The molecular formula is C10H18Cl2N2. The lowest BCUT2D eigenvalue weighted by Crippen LogP contribution is -2.32. The van der Waals surface area contributed by atoms with Gasteiger partial charge in [0, 0.05) is 25.3 Å². The van der Waals surface area contributed by atoms with E-state index in [0.717, 1.165) is 6.54 Å². The molecule has 0 aliphatic carbocycles. The average molecular weight is 237 g/mol. The Morgan fingerprint density at radius 3 is 2.14 bits per heavy atom. The normalized spacial score (nSPS) is 10.8. The van der Waals surface area contributed by atoms with Gasteiger partial charge in [-0.2, -0.15) is 0 Å². The second-order valence-electron chi connectivity index (χ2n) is 3.19. The Labute approximate surface area is 98.3 Å². The van der Waals surface area contributed by atoms with Crippen LogP contribution in [-0.2, 0) is 0 Å². The fourth-order valence-corrected chi connectivity index (χ4v) is 1.22. The Hall–Kier alpha value is -0.440. The highest BCUT2D eigenvalue weighted by molar-refractivity contribution is 5.85. The summed E-state index contributed by atoms with van der Waals surface area (Å²) < 4.78 is 0. The van der Waals surface area contributed by atoms with Crippen LogP contribution in [0.15, 0.2) is 30.3 Å². The number of hydrogen-bond donors (Lipinski definition) is 1. The molecule has 1 rings (SSSR count). The van der Waals surface area contributed by atoms with E-state index in [1.807, 2.05) is 25.1 Å². The Kier molecular flexibility index (Phi) is 9.05. The van der Waals surface area contributed by atoms with Crippen molar-refractivity contribution >= 4 is 30.5 Å². The summed E-state index contributed by atoms with van der Waals surface area (Å²) in [6, 6.07) is 10.5. The van der Waals surface area contributed by atoms with Crippen LogP contribution in [-0.4, -0.2) is 19.6 Å². The van der Waals surface area contributed by atoms with Gasteiger partial charge in [0.25, 0.3) is 0 Å². The van der Waals surface area contributed by atoms with E-state index in [1.165, 1.54) is 5.69 Å². The monoisotopic (exact) mass is 236 g/mol. The second-order valence-corrected chi connectivity index (χ2v) is 3.19. The first-order valence-electron chi connectivity index (χ1n) is 4.22. The number of benzene rings is 1. The summed E-state index contributed by atoms with van der Waals surface area (Å²) in [5.74, 6) is 0. The van der Waals surface area contributed by atoms with E-state index >= 15 is 0 Å². The van der Waals surface area contributed by atoms with Crippen LogP contribution in [0.4, 0.5) is 5.69 Å². The molecule has 4 heteroatoms. The molecule has 0 aliphatic heterocycles. The van der Waals surface area contributed by atoms with Gasteiger partial charge < -0.3 is 10.6 Å². The SMILES string of the molecule is CC(N)CN(C)c1ccccc1.Cl.Cl. The van der Waals surface area contributed by atoms with Crippen molar-refractivity contribution in [2.75, 3.05) is 18.5 Å². The molecule has 0 saturated carbocycles. The van der Waals surface area contributed by atoms with Crippen molar-refractivity contribution in [2.45, 2.75) is 13.0 Å². The van der Waals surface area contributed by atoms with Crippen LogP contribution in [0.1, 0.15) is 6.92 Å². The van der Waals surface area contributed by atoms with Gasteiger partial charge in [-0.05, 0) is 19.1 Å². The zero-order valence-corrected chi connectivity index (χ0v) is 10.1. The minimum Gasteiger partial charge on any atom is -0.373 e. The van der Waals surface area contributed by atoms with Crippen molar-refractivity contribution in [3.8, 4) is 0 Å². The molecule has 1 atom stereocenters. The van der Waals surface area contributed by atoms with Gasteiger partial charge in [0.05, 0.1) is 0 Å². The van der Waals surface area contributed by atoms with E-state index in [0.29, 0.717) is 0 Å². The molecule has 2 nitrogen and oxygen atoms in total. The lowest BCUT2D eigenvalue weighted by atomic mass is 10.2. The topological polar surface area (TPSA) is 29.3 Å². The molecule has 0 amide bonds. The molecular weight excluding hydrogens is 219 g/mol. The highest BCUT2D eigenvalue weighted by Gasteiger charge is 2.01. The highest BCUT2D eigenvalue weighted by Crippen LogP contribution is 2.10. The average Bonchev–Trinajstić information content (AvgIpc) is 2.05. The summed E-state index contributed by atoms with van der Waals surface area (Å²) in [7, 11) is 2.05. The molecule has 1 unspecified atom stereocenters. The molecule has 2 N–H and O–H groups in total. The molecule has 1 aromatic carbocycles. The highest BCUT2D eigenvalue weighted by atomic mass is 35.5. The minimum atomic E-state index is 0. The van der Waals surface area contributed by atoms with Crippen LogP contribution in [0.5, 0.6) is 0 Å². The Morgan fingerprint density at radius 2 is 1.71 bits per heavy atom. The predicted octanol–water partition coefficient (Wildman–Crippen LogP) is 2.31. The lowest BCUT2D eigenvalue weighted by molar-refractivity contribution is 0.718. The van der Waals surface area contributed by atoms with Gasteiger partial charge in [0.15, 0.2) is 0 Å². The van der Waals surface area contributed by atoms with Gasteiger partial charge in [-0.3, -0.25) is 0 Å². The maximum absolute atomic E-state index is 5.69. The number of anilines is 1. The summed E-state index contributed by atoms with van der Waals surface area (Å²) >= 11 is 0. The van der Waals surface area contributed by atoms with Gasteiger partial charge in [-0.15, -0.1) is 24.8 Å². The summed E-state index contributed by atoms with van der Waals surface area (Å²) in [6.07, 6.45) is 0. The fourth-order valence-electron chi connectivity index (χ4n) is 1.22. The molecule has 0 aromatic heterocycles. The third-order valence-corrected chi connectivity index (χ3v) is 1.76. The maximum atomic E-state index is 5.69. The van der Waals surface area contributed by atoms with E-state index in [2.05, 4.69) is 24.1 Å². The summed E-state index contributed by atoms with van der Waals surface area (Å²) in [5.41, 5.74) is 6.91.